The topological polar surface area (TPSA) is 74.2 Å². The van der Waals surface area contributed by atoms with Gasteiger partial charge in [0.2, 0.25) is 0 Å². The third-order valence-corrected chi connectivity index (χ3v) is 3.95. The first-order valence-corrected chi connectivity index (χ1v) is 7.33. The molecule has 0 unspecified atom stereocenters. The van der Waals surface area contributed by atoms with Gasteiger partial charge in [-0.25, -0.2) is 8.78 Å². The second-order valence-electron chi connectivity index (χ2n) is 5.37. The van der Waals surface area contributed by atoms with E-state index in [0.29, 0.717) is 31.9 Å². The highest BCUT2D eigenvalue weighted by Gasteiger charge is 2.46. The highest BCUT2D eigenvalue weighted by atomic mass is 35.5. The van der Waals surface area contributed by atoms with Gasteiger partial charge < -0.3 is 25.0 Å². The normalized spacial score (nSPS) is 17.0. The van der Waals surface area contributed by atoms with Crippen molar-refractivity contribution in [2.24, 2.45) is 0 Å². The highest BCUT2D eigenvalue weighted by molar-refractivity contribution is 5.85. The number of phenols is 1. The first kappa shape index (κ1) is 20.7. The van der Waals surface area contributed by atoms with Gasteiger partial charge in [-0.1, -0.05) is 0 Å². The quantitative estimate of drug-likeness (QED) is 0.705. The summed E-state index contributed by atoms with van der Waals surface area (Å²) >= 11 is 0. The number of ether oxygens (including phenoxy) is 2. The Morgan fingerprint density at radius 2 is 1.88 bits per heavy atom. The lowest BCUT2D eigenvalue weighted by Gasteiger charge is -2.39. The average Bonchev–Trinajstić information content (AvgIpc) is 2.57. The number of hydrogen-bond acceptors (Lipinski definition) is 6. The fourth-order valence-corrected chi connectivity index (χ4v) is 2.84. The van der Waals surface area contributed by atoms with E-state index in [1.54, 1.807) is 0 Å². The molecule has 1 aromatic carbocycles. The van der Waals surface area contributed by atoms with E-state index in [1.165, 1.54) is 31.3 Å². The molecule has 3 N–H and O–H groups in total. The monoisotopic (exact) mass is 368 g/mol. The summed E-state index contributed by atoms with van der Waals surface area (Å²) in [5.41, 5.74) is -0.0470. The van der Waals surface area contributed by atoms with E-state index in [9.17, 15) is 19.0 Å². The van der Waals surface area contributed by atoms with E-state index in [2.05, 4.69) is 5.32 Å². The third kappa shape index (κ3) is 4.18. The summed E-state index contributed by atoms with van der Waals surface area (Å²) in [7, 11) is 2.74. The lowest BCUT2D eigenvalue weighted by atomic mass is 9.96. The maximum Gasteiger partial charge on any atom is 0.290 e. The lowest BCUT2D eigenvalue weighted by Crippen LogP contribution is -2.51. The summed E-state index contributed by atoms with van der Waals surface area (Å²) in [6, 6.07) is 1.22. The molecular weight excluding hydrogens is 346 g/mol. The number of rotatable bonds is 6. The van der Waals surface area contributed by atoms with Crippen molar-refractivity contribution in [3.63, 3.8) is 0 Å². The highest BCUT2D eigenvalue weighted by Crippen LogP contribution is 2.46. The van der Waals surface area contributed by atoms with Crippen LogP contribution in [-0.4, -0.2) is 68.0 Å². The SMILES string of the molecule is COc1cc(O)c([C@@H](N2CCNCC2)C(F)(F)CO)c(OC)c1.Cl. The summed E-state index contributed by atoms with van der Waals surface area (Å²) < 4.78 is 39.1. The van der Waals surface area contributed by atoms with Crippen molar-refractivity contribution in [1.82, 2.24) is 10.2 Å². The standard InChI is InChI=1S/C15H22F2N2O4.ClH/c1-22-10-7-11(21)13(12(8-10)23-2)14(15(16,17)9-20)19-5-3-18-4-6-19;/h7-8,14,18,20-21H,3-6,9H2,1-2H3;1H/t14-;/m1./s1. The Balaban J connectivity index is 0.00000288. The molecule has 24 heavy (non-hydrogen) atoms. The molecule has 1 saturated heterocycles. The Morgan fingerprint density at radius 1 is 1.25 bits per heavy atom. The zero-order chi connectivity index (χ0) is 17.0. The van der Waals surface area contributed by atoms with Crippen molar-refractivity contribution in [2.45, 2.75) is 12.0 Å². The Labute approximate surface area is 145 Å². The number of phenolic OH excluding ortho intramolecular Hbond substituents is 1. The van der Waals surface area contributed by atoms with Crippen LogP contribution in [0.5, 0.6) is 17.2 Å². The molecule has 0 spiro atoms. The number of nitrogens with zero attached hydrogens (tertiary/aromatic N) is 1. The van der Waals surface area contributed by atoms with Gasteiger partial charge in [0.25, 0.3) is 5.92 Å². The van der Waals surface area contributed by atoms with E-state index < -0.39 is 18.6 Å². The van der Waals surface area contributed by atoms with Crippen molar-refractivity contribution < 1.29 is 28.5 Å². The van der Waals surface area contributed by atoms with Crippen LogP contribution in [0, 0.1) is 0 Å². The molecule has 0 aromatic heterocycles. The number of aliphatic hydroxyl groups is 1. The van der Waals surface area contributed by atoms with Crippen molar-refractivity contribution >= 4 is 12.4 Å². The molecule has 1 atom stereocenters. The smallest absolute Gasteiger partial charge is 0.290 e. The zero-order valence-corrected chi connectivity index (χ0v) is 14.4. The van der Waals surface area contributed by atoms with Crippen molar-refractivity contribution in [3.05, 3.63) is 17.7 Å². The van der Waals surface area contributed by atoms with Gasteiger partial charge in [0.1, 0.15) is 29.9 Å². The zero-order valence-electron chi connectivity index (χ0n) is 13.6. The fraction of sp³-hybridized carbons (Fsp3) is 0.600. The number of halogens is 3. The maximum atomic E-state index is 14.5. The van der Waals surface area contributed by atoms with Gasteiger partial charge in [-0.05, 0) is 0 Å². The number of benzene rings is 1. The molecule has 1 aliphatic heterocycles. The maximum absolute atomic E-state index is 14.5. The molecular formula is C15H23ClF2N2O4. The average molecular weight is 369 g/mol. The molecule has 1 fully saturated rings. The van der Waals surface area contributed by atoms with E-state index in [1.807, 2.05) is 0 Å². The van der Waals surface area contributed by atoms with Crippen molar-refractivity contribution in [2.75, 3.05) is 47.0 Å². The predicted molar refractivity (Wildman–Crippen MR) is 87.7 cm³/mol. The molecule has 2 rings (SSSR count). The van der Waals surface area contributed by atoms with Gasteiger partial charge >= 0.3 is 0 Å². The van der Waals surface area contributed by atoms with Crippen LogP contribution in [0.25, 0.3) is 0 Å². The minimum absolute atomic E-state index is 0. The summed E-state index contributed by atoms with van der Waals surface area (Å²) in [6.45, 7) is 0.522. The van der Waals surface area contributed by atoms with Crippen LogP contribution >= 0.6 is 12.4 Å². The van der Waals surface area contributed by atoms with E-state index in [0.717, 1.165) is 0 Å². The summed E-state index contributed by atoms with van der Waals surface area (Å²) in [4.78, 5) is 1.54. The molecule has 0 bridgehead atoms. The molecule has 0 radical (unpaired) electrons. The van der Waals surface area contributed by atoms with Crippen LogP contribution < -0.4 is 14.8 Å². The number of hydrogen-bond donors (Lipinski definition) is 3. The van der Waals surface area contributed by atoms with Crippen LogP contribution in [0.4, 0.5) is 8.78 Å². The number of alkyl halides is 2. The minimum Gasteiger partial charge on any atom is -0.507 e. The van der Waals surface area contributed by atoms with E-state index >= 15 is 0 Å². The fourth-order valence-electron chi connectivity index (χ4n) is 2.84. The molecule has 0 saturated carbocycles. The number of nitrogens with one attached hydrogen (secondary N) is 1. The number of piperazine rings is 1. The molecule has 1 aromatic rings. The largest absolute Gasteiger partial charge is 0.507 e. The second kappa shape index (κ2) is 8.66. The minimum atomic E-state index is -3.43. The number of aliphatic hydroxyl groups excluding tert-OH is 1. The van der Waals surface area contributed by atoms with Gasteiger partial charge in [-0.3, -0.25) is 4.90 Å². The van der Waals surface area contributed by atoms with Crippen LogP contribution in [0.15, 0.2) is 12.1 Å². The number of aromatic hydroxyl groups is 1. The Morgan fingerprint density at radius 3 is 2.38 bits per heavy atom. The van der Waals surface area contributed by atoms with Crippen LogP contribution in [0.1, 0.15) is 11.6 Å². The lowest BCUT2D eigenvalue weighted by molar-refractivity contribution is -0.119. The first-order chi connectivity index (χ1) is 10.9. The molecule has 0 amide bonds. The van der Waals surface area contributed by atoms with Crippen LogP contribution in [0.3, 0.4) is 0 Å². The first-order valence-electron chi connectivity index (χ1n) is 7.33. The second-order valence-corrected chi connectivity index (χ2v) is 5.37. The van der Waals surface area contributed by atoms with Crippen LogP contribution in [0.2, 0.25) is 0 Å². The molecule has 9 heteroatoms. The molecule has 1 aliphatic rings. The van der Waals surface area contributed by atoms with Gasteiger partial charge in [-0.15, -0.1) is 12.4 Å². The Kier molecular flexibility index (Phi) is 7.47. The molecule has 1 heterocycles. The number of methoxy groups -OCH3 is 2. The third-order valence-electron chi connectivity index (χ3n) is 3.95. The summed E-state index contributed by atoms with van der Waals surface area (Å²) in [5, 5.41) is 22.5. The van der Waals surface area contributed by atoms with Gasteiger partial charge in [0, 0.05) is 38.3 Å². The van der Waals surface area contributed by atoms with Crippen molar-refractivity contribution in [1.29, 1.82) is 0 Å². The molecule has 6 nitrogen and oxygen atoms in total. The van der Waals surface area contributed by atoms with Gasteiger partial charge in [-0.2, -0.15) is 0 Å². The Hall–Kier alpha value is -1.35. The van der Waals surface area contributed by atoms with E-state index in [-0.39, 0.29) is 29.5 Å². The van der Waals surface area contributed by atoms with Crippen molar-refractivity contribution in [3.8, 4) is 17.2 Å². The van der Waals surface area contributed by atoms with Gasteiger partial charge in [0.05, 0.1) is 19.8 Å². The molecule has 0 aliphatic carbocycles. The summed E-state index contributed by atoms with van der Waals surface area (Å²) in [5.74, 6) is -3.39. The predicted octanol–water partition coefficient (Wildman–Crippen LogP) is 1.41. The Bertz CT molecular complexity index is 542. The summed E-state index contributed by atoms with van der Waals surface area (Å²) in [6.07, 6.45) is 0. The van der Waals surface area contributed by atoms with Gasteiger partial charge in [0.15, 0.2) is 0 Å². The van der Waals surface area contributed by atoms with Crippen LogP contribution in [-0.2, 0) is 0 Å². The molecule has 138 valence electrons. The van der Waals surface area contributed by atoms with E-state index in [4.69, 9.17) is 9.47 Å².